The molecule has 1 saturated carbocycles. The van der Waals surface area contributed by atoms with Crippen molar-refractivity contribution in [2.24, 2.45) is 4.99 Å². The third-order valence-corrected chi connectivity index (χ3v) is 12.5. The summed E-state index contributed by atoms with van der Waals surface area (Å²) in [5.74, 6) is 0.770. The monoisotopic (exact) mass is 706 g/mol. The molecule has 0 N–H and O–H groups in total. The molecule has 1 aliphatic heterocycles. The van der Waals surface area contributed by atoms with Crippen molar-refractivity contribution < 1.29 is 4.74 Å². The van der Waals surface area contributed by atoms with Crippen LogP contribution in [0.4, 0.5) is 0 Å². The van der Waals surface area contributed by atoms with Crippen LogP contribution in [0.3, 0.4) is 0 Å². The largest absolute Gasteiger partial charge is 0.469 e. The van der Waals surface area contributed by atoms with E-state index in [9.17, 15) is 0 Å². The third kappa shape index (κ3) is 4.83. The summed E-state index contributed by atoms with van der Waals surface area (Å²) >= 11 is 0. The third-order valence-electron chi connectivity index (χ3n) is 12.5. The van der Waals surface area contributed by atoms with Gasteiger partial charge in [0.1, 0.15) is 16.8 Å². The van der Waals surface area contributed by atoms with Crippen LogP contribution in [0.2, 0.25) is 0 Å². The molecule has 1 fully saturated rings. The highest BCUT2D eigenvalue weighted by Gasteiger charge is 2.55. The number of hydrogen-bond donors (Lipinski definition) is 0. The fourth-order valence-electron chi connectivity index (χ4n) is 9.22. The molecular formula is C49H46N4O. The second-order valence-electron chi connectivity index (χ2n) is 17.2. The zero-order valence-electron chi connectivity index (χ0n) is 32.3. The Morgan fingerprint density at radius 3 is 2.20 bits per heavy atom. The number of benzene rings is 5. The molecule has 5 nitrogen and oxygen atoms in total. The van der Waals surface area contributed by atoms with Crippen LogP contribution in [0.25, 0.3) is 66.2 Å². The van der Waals surface area contributed by atoms with Crippen molar-refractivity contribution in [3.63, 3.8) is 0 Å². The van der Waals surface area contributed by atoms with Gasteiger partial charge in [0.25, 0.3) is 0 Å². The number of nitrogens with zero attached hydrogens (tertiary/aromatic N) is 4. The van der Waals surface area contributed by atoms with Gasteiger partial charge in [-0.3, -0.25) is 4.57 Å². The molecule has 10 rings (SSSR count). The minimum Gasteiger partial charge on any atom is -0.469 e. The van der Waals surface area contributed by atoms with Crippen LogP contribution in [0, 0.1) is 13.8 Å². The maximum atomic E-state index is 6.83. The van der Waals surface area contributed by atoms with Gasteiger partial charge in [0.2, 0.25) is 5.90 Å². The fourth-order valence-corrected chi connectivity index (χ4v) is 9.22. The second-order valence-corrected chi connectivity index (χ2v) is 17.2. The van der Waals surface area contributed by atoms with Crippen LogP contribution in [0.1, 0.15) is 76.1 Å². The Balaban J connectivity index is 1.24. The number of hydrogen-bond acceptors (Lipinski definition) is 3. The smallest absolute Gasteiger partial charge is 0.217 e. The Morgan fingerprint density at radius 2 is 1.41 bits per heavy atom. The van der Waals surface area contributed by atoms with Gasteiger partial charge >= 0.3 is 0 Å². The highest BCUT2D eigenvalue weighted by Crippen LogP contribution is 2.49. The summed E-state index contributed by atoms with van der Waals surface area (Å²) in [7, 11) is 0. The first-order valence-corrected chi connectivity index (χ1v) is 19.4. The van der Waals surface area contributed by atoms with Crippen molar-refractivity contribution in [1.29, 1.82) is 0 Å². The van der Waals surface area contributed by atoms with E-state index in [4.69, 9.17) is 14.7 Å². The second kappa shape index (κ2) is 11.4. The van der Waals surface area contributed by atoms with Gasteiger partial charge in [-0.15, -0.1) is 0 Å². The maximum Gasteiger partial charge on any atom is 0.217 e. The molecular weight excluding hydrogens is 661 g/mol. The summed E-state index contributed by atoms with van der Waals surface area (Å²) in [6, 6.07) is 40.3. The van der Waals surface area contributed by atoms with E-state index < -0.39 is 0 Å². The van der Waals surface area contributed by atoms with Crippen molar-refractivity contribution in [2.75, 3.05) is 0 Å². The standard InChI is InChI=1S/C49H46N4O/c1-30-16-18-41-38(23-30)39-24-31(2)43(53-42-19-17-33(32-13-9-8-10-14-32)27-40(42)37-15-11-22-50-45(37)53)29-44(39)52(41)36-26-34(25-35(28-36)47(3,4)5)46-51-48(6)20-12-21-49(48,7)54-46/h8-11,13-19,22-29H,12,20-21H2,1-7H3/t48-,49+/m1/s1. The first-order chi connectivity index (χ1) is 25.9. The zero-order valence-corrected chi connectivity index (χ0v) is 32.3. The molecule has 0 saturated heterocycles. The van der Waals surface area contributed by atoms with E-state index in [1.807, 2.05) is 12.3 Å². The van der Waals surface area contributed by atoms with Gasteiger partial charge in [-0.1, -0.05) is 68.8 Å². The molecule has 8 aromatic rings. The number of ether oxygens (including phenoxy) is 1. The minimum atomic E-state index is -0.269. The lowest BCUT2D eigenvalue weighted by Gasteiger charge is -2.30. The van der Waals surface area contributed by atoms with Crippen molar-refractivity contribution in [3.8, 4) is 22.5 Å². The highest BCUT2D eigenvalue weighted by atomic mass is 16.5. The average molecular weight is 707 g/mol. The summed E-state index contributed by atoms with van der Waals surface area (Å²) in [6.07, 6.45) is 5.14. The normalized spacial score (nSPS) is 19.9. The van der Waals surface area contributed by atoms with E-state index in [-0.39, 0.29) is 16.6 Å². The lowest BCUT2D eigenvalue weighted by atomic mass is 9.85. The molecule has 1 aliphatic carbocycles. The van der Waals surface area contributed by atoms with E-state index >= 15 is 0 Å². The van der Waals surface area contributed by atoms with Gasteiger partial charge in [-0.05, 0) is 141 Å². The van der Waals surface area contributed by atoms with Crippen LogP contribution in [-0.4, -0.2) is 31.2 Å². The van der Waals surface area contributed by atoms with Gasteiger partial charge in [-0.2, -0.15) is 0 Å². The highest BCUT2D eigenvalue weighted by molar-refractivity contribution is 6.12. The fraction of sp³-hybridized carbons (Fsp3) is 0.265. The Hall–Kier alpha value is -5.68. The lowest BCUT2D eigenvalue weighted by Crippen LogP contribution is -2.41. The molecule has 268 valence electrons. The maximum absolute atomic E-state index is 6.83. The van der Waals surface area contributed by atoms with Crippen LogP contribution < -0.4 is 0 Å². The number of pyridine rings is 1. The van der Waals surface area contributed by atoms with Gasteiger partial charge in [0, 0.05) is 39.0 Å². The van der Waals surface area contributed by atoms with E-state index in [1.54, 1.807) is 0 Å². The number of aromatic nitrogens is 3. The van der Waals surface area contributed by atoms with Gasteiger partial charge in [0.05, 0.1) is 22.2 Å². The Morgan fingerprint density at radius 1 is 0.648 bits per heavy atom. The Labute approximate surface area is 316 Å². The molecule has 0 bridgehead atoms. The predicted molar refractivity (Wildman–Crippen MR) is 225 cm³/mol. The Bertz CT molecular complexity index is 2870. The molecule has 4 heterocycles. The number of rotatable bonds is 4. The predicted octanol–water partition coefficient (Wildman–Crippen LogP) is 12.3. The van der Waals surface area contributed by atoms with E-state index in [2.05, 4.69) is 161 Å². The molecule has 2 aliphatic rings. The topological polar surface area (TPSA) is 44.3 Å². The molecule has 0 radical (unpaired) electrons. The first kappa shape index (κ1) is 32.9. The summed E-state index contributed by atoms with van der Waals surface area (Å²) in [5.41, 5.74) is 13.3. The van der Waals surface area contributed by atoms with Gasteiger partial charge in [-0.25, -0.2) is 9.98 Å². The first-order valence-electron chi connectivity index (χ1n) is 19.4. The van der Waals surface area contributed by atoms with Gasteiger partial charge in [0.15, 0.2) is 0 Å². The van der Waals surface area contributed by atoms with Crippen molar-refractivity contribution in [2.45, 2.75) is 84.3 Å². The molecule has 0 unspecified atom stereocenters. The van der Waals surface area contributed by atoms with Crippen molar-refractivity contribution in [1.82, 2.24) is 14.1 Å². The molecule has 2 atom stereocenters. The van der Waals surface area contributed by atoms with Crippen LogP contribution in [0.15, 0.2) is 120 Å². The van der Waals surface area contributed by atoms with Crippen molar-refractivity contribution in [3.05, 3.63) is 138 Å². The number of fused-ring (bicyclic) bond motifs is 7. The van der Waals surface area contributed by atoms with E-state index in [1.165, 1.54) is 49.5 Å². The van der Waals surface area contributed by atoms with Crippen molar-refractivity contribution >= 4 is 49.6 Å². The van der Waals surface area contributed by atoms with Crippen LogP contribution >= 0.6 is 0 Å². The van der Waals surface area contributed by atoms with E-state index in [0.29, 0.717) is 0 Å². The number of aliphatic imine (C=N–C) groups is 1. The minimum absolute atomic E-state index is 0.0854. The van der Waals surface area contributed by atoms with Crippen LogP contribution in [0.5, 0.6) is 0 Å². The molecule has 54 heavy (non-hydrogen) atoms. The zero-order chi connectivity index (χ0) is 37.1. The molecule has 3 aromatic heterocycles. The number of aryl methyl sites for hydroxylation is 2. The lowest BCUT2D eigenvalue weighted by molar-refractivity contribution is 0.0580. The molecule has 0 spiro atoms. The SMILES string of the molecule is Cc1ccc2c(c1)c1cc(C)c(-n3c4ccc(-c5ccccc5)cc4c4cccnc43)cc1n2-c1cc(C2=N[C@]3(C)CCC[C@]3(C)O2)cc(C(C)(C)C)c1. The summed E-state index contributed by atoms with van der Waals surface area (Å²) in [6.45, 7) is 15.8. The Kier molecular flexibility index (Phi) is 6.96. The summed E-state index contributed by atoms with van der Waals surface area (Å²) in [5, 5.41) is 4.83. The quantitative estimate of drug-likeness (QED) is 0.183. The van der Waals surface area contributed by atoms with Gasteiger partial charge < -0.3 is 9.30 Å². The molecule has 5 aromatic carbocycles. The molecule has 5 heteroatoms. The summed E-state index contributed by atoms with van der Waals surface area (Å²) < 4.78 is 11.6. The molecule has 0 amide bonds. The van der Waals surface area contributed by atoms with Crippen LogP contribution in [-0.2, 0) is 10.2 Å². The van der Waals surface area contributed by atoms with E-state index in [0.717, 1.165) is 64.2 Å². The summed E-state index contributed by atoms with van der Waals surface area (Å²) in [4.78, 5) is 10.3. The average Bonchev–Trinajstić information content (AvgIpc) is 3.83.